The highest BCUT2D eigenvalue weighted by Gasteiger charge is 2.49. The summed E-state index contributed by atoms with van der Waals surface area (Å²) in [5, 5.41) is 11.9. The number of benzene rings is 2. The van der Waals surface area contributed by atoms with E-state index in [0.29, 0.717) is 6.42 Å². The van der Waals surface area contributed by atoms with Crippen molar-refractivity contribution in [1.82, 2.24) is 5.32 Å². The summed E-state index contributed by atoms with van der Waals surface area (Å²) < 4.78 is 28.5. The monoisotopic (exact) mass is 359 g/mol. The molecular formula is C20H19F2NO3. The van der Waals surface area contributed by atoms with Crippen LogP contribution in [0, 0.1) is 11.6 Å². The smallest absolute Gasteiger partial charge is 0.326 e. The Bertz CT molecular complexity index is 799. The maximum Gasteiger partial charge on any atom is 0.326 e. The third-order valence-corrected chi connectivity index (χ3v) is 4.97. The fourth-order valence-corrected chi connectivity index (χ4v) is 3.42. The number of hydrogen-bond donors (Lipinski definition) is 2. The average Bonchev–Trinajstić information content (AvgIpc) is 2.56. The summed E-state index contributed by atoms with van der Waals surface area (Å²) in [7, 11) is 0. The third-order valence-electron chi connectivity index (χ3n) is 4.97. The molecule has 4 nitrogen and oxygen atoms in total. The van der Waals surface area contributed by atoms with Crippen LogP contribution >= 0.6 is 0 Å². The van der Waals surface area contributed by atoms with Crippen LogP contribution in [0.25, 0.3) is 0 Å². The van der Waals surface area contributed by atoms with Crippen molar-refractivity contribution in [1.29, 1.82) is 0 Å². The van der Waals surface area contributed by atoms with Crippen molar-refractivity contribution < 1.29 is 23.5 Å². The fraction of sp³-hybridized carbons (Fsp3) is 0.300. The van der Waals surface area contributed by atoms with Gasteiger partial charge < -0.3 is 10.4 Å². The number of carbonyl (C=O) groups is 2. The number of carbonyl (C=O) groups excluding carboxylic acids is 1. The molecule has 0 aliphatic heterocycles. The topological polar surface area (TPSA) is 66.4 Å². The van der Waals surface area contributed by atoms with Crippen molar-refractivity contribution in [2.24, 2.45) is 0 Å². The van der Waals surface area contributed by atoms with Gasteiger partial charge in [0.2, 0.25) is 5.91 Å². The largest absolute Gasteiger partial charge is 0.480 e. The van der Waals surface area contributed by atoms with Crippen molar-refractivity contribution in [3.8, 4) is 0 Å². The molecule has 1 aliphatic carbocycles. The zero-order valence-corrected chi connectivity index (χ0v) is 14.0. The number of carboxylic acid groups (broad SMARTS) is 1. The van der Waals surface area contributed by atoms with E-state index in [1.54, 1.807) is 24.3 Å². The average molecular weight is 359 g/mol. The van der Waals surface area contributed by atoms with E-state index in [4.69, 9.17) is 0 Å². The highest BCUT2D eigenvalue weighted by atomic mass is 19.1. The normalized spacial score (nSPS) is 16.4. The predicted octanol–water partition coefficient (Wildman–Crippen LogP) is 3.20. The molecule has 0 bridgehead atoms. The van der Waals surface area contributed by atoms with Gasteiger partial charge in [0.05, 0.1) is 5.41 Å². The number of rotatable bonds is 6. The number of nitrogens with one attached hydrogen (secondary N) is 1. The van der Waals surface area contributed by atoms with Crippen molar-refractivity contribution in [2.45, 2.75) is 37.1 Å². The molecule has 0 radical (unpaired) electrons. The first-order chi connectivity index (χ1) is 12.4. The Kier molecular flexibility index (Phi) is 5.02. The van der Waals surface area contributed by atoms with E-state index in [-0.39, 0.29) is 24.8 Å². The van der Waals surface area contributed by atoms with Crippen molar-refractivity contribution in [3.05, 3.63) is 71.3 Å². The molecule has 1 amide bonds. The second-order valence-corrected chi connectivity index (χ2v) is 6.59. The van der Waals surface area contributed by atoms with Crippen molar-refractivity contribution in [3.63, 3.8) is 0 Å². The fourth-order valence-electron chi connectivity index (χ4n) is 3.42. The van der Waals surface area contributed by atoms with Gasteiger partial charge in [0.1, 0.15) is 17.7 Å². The summed E-state index contributed by atoms with van der Waals surface area (Å²) in [6.07, 6.45) is 1.32. The van der Waals surface area contributed by atoms with Crippen molar-refractivity contribution >= 4 is 11.9 Å². The lowest BCUT2D eigenvalue weighted by Gasteiger charge is -2.41. The van der Waals surface area contributed by atoms with Crippen LogP contribution in [0.15, 0.2) is 48.5 Å². The van der Waals surface area contributed by atoms with Gasteiger partial charge in [-0.15, -0.1) is 0 Å². The number of halogens is 2. The Morgan fingerprint density at radius 1 is 1.04 bits per heavy atom. The van der Waals surface area contributed by atoms with E-state index >= 15 is 0 Å². The van der Waals surface area contributed by atoms with Gasteiger partial charge in [-0.05, 0) is 30.5 Å². The Labute approximate surface area is 149 Å². The predicted molar refractivity (Wildman–Crippen MR) is 91.6 cm³/mol. The summed E-state index contributed by atoms with van der Waals surface area (Å²) in [4.78, 5) is 24.4. The van der Waals surface area contributed by atoms with Gasteiger partial charge in [-0.2, -0.15) is 0 Å². The number of aliphatic carboxylic acids is 1. The maximum atomic E-state index is 14.2. The van der Waals surface area contributed by atoms with Crippen LogP contribution in [0.2, 0.25) is 0 Å². The van der Waals surface area contributed by atoms with Crippen LogP contribution in [0.1, 0.15) is 30.4 Å². The molecule has 1 aliphatic rings. The minimum Gasteiger partial charge on any atom is -0.480 e. The Balaban J connectivity index is 1.85. The van der Waals surface area contributed by atoms with Gasteiger partial charge >= 0.3 is 5.97 Å². The van der Waals surface area contributed by atoms with Crippen LogP contribution in [-0.2, 0) is 21.4 Å². The van der Waals surface area contributed by atoms with E-state index in [1.165, 1.54) is 6.07 Å². The van der Waals surface area contributed by atoms with Crippen LogP contribution in [0.3, 0.4) is 0 Å². The highest BCUT2D eigenvalue weighted by molar-refractivity contribution is 5.92. The summed E-state index contributed by atoms with van der Waals surface area (Å²) >= 11 is 0. The summed E-state index contributed by atoms with van der Waals surface area (Å²) in [5.41, 5.74) is -0.868. The number of amides is 1. The maximum absolute atomic E-state index is 14.2. The Morgan fingerprint density at radius 2 is 1.65 bits per heavy atom. The molecule has 0 spiro atoms. The van der Waals surface area contributed by atoms with Gasteiger partial charge in [0, 0.05) is 12.0 Å². The number of carboxylic acids is 1. The molecule has 1 unspecified atom stereocenters. The van der Waals surface area contributed by atoms with Crippen LogP contribution < -0.4 is 5.32 Å². The first-order valence-corrected chi connectivity index (χ1v) is 8.46. The minimum absolute atomic E-state index is 0.0950. The van der Waals surface area contributed by atoms with Crippen molar-refractivity contribution in [2.75, 3.05) is 0 Å². The van der Waals surface area contributed by atoms with Crippen LogP contribution in [0.4, 0.5) is 8.78 Å². The van der Waals surface area contributed by atoms with Crippen LogP contribution in [-0.4, -0.2) is 23.0 Å². The summed E-state index contributed by atoms with van der Waals surface area (Å²) in [6, 6.07) is 11.2. The van der Waals surface area contributed by atoms with Gasteiger partial charge in [0.15, 0.2) is 0 Å². The minimum atomic E-state index is -1.35. The molecule has 6 heteroatoms. The summed E-state index contributed by atoms with van der Waals surface area (Å²) in [6.45, 7) is 0. The Morgan fingerprint density at radius 3 is 2.15 bits per heavy atom. The molecule has 1 fully saturated rings. The number of hydrogen-bond acceptors (Lipinski definition) is 2. The molecular weight excluding hydrogens is 340 g/mol. The van der Waals surface area contributed by atoms with E-state index in [2.05, 4.69) is 5.32 Å². The molecule has 1 atom stereocenters. The lowest BCUT2D eigenvalue weighted by Crippen LogP contribution is -2.55. The second kappa shape index (κ2) is 7.23. The van der Waals surface area contributed by atoms with E-state index < -0.39 is 35.0 Å². The van der Waals surface area contributed by atoms with Gasteiger partial charge in [-0.25, -0.2) is 13.6 Å². The van der Waals surface area contributed by atoms with Gasteiger partial charge in [-0.3, -0.25) is 4.79 Å². The highest BCUT2D eigenvalue weighted by Crippen LogP contribution is 2.46. The molecule has 2 aromatic rings. The second-order valence-electron chi connectivity index (χ2n) is 6.59. The van der Waals surface area contributed by atoms with E-state index in [9.17, 15) is 23.5 Å². The van der Waals surface area contributed by atoms with Gasteiger partial charge in [0.25, 0.3) is 0 Å². The summed E-state index contributed by atoms with van der Waals surface area (Å²) in [5.74, 6) is -3.40. The standard InChI is InChI=1S/C20H19F2NO3/c21-14-8-4-9-15(22)17(14)20(10-5-11-20)19(26)23-16(18(24)25)12-13-6-2-1-3-7-13/h1-4,6-9,16H,5,10-12H2,(H,23,26)(H,24,25). The molecule has 2 aromatic carbocycles. The first-order valence-electron chi connectivity index (χ1n) is 8.46. The lowest BCUT2D eigenvalue weighted by molar-refractivity contribution is -0.143. The Hall–Kier alpha value is -2.76. The molecule has 0 saturated heterocycles. The SMILES string of the molecule is O=C(O)C(Cc1ccccc1)NC(=O)C1(c2c(F)cccc2F)CCC1. The zero-order chi connectivity index (χ0) is 18.7. The molecule has 136 valence electrons. The van der Waals surface area contributed by atoms with Crippen LogP contribution in [0.5, 0.6) is 0 Å². The first kappa shape index (κ1) is 18.0. The molecule has 26 heavy (non-hydrogen) atoms. The molecule has 3 rings (SSSR count). The molecule has 2 N–H and O–H groups in total. The molecule has 1 saturated carbocycles. The quantitative estimate of drug-likeness (QED) is 0.832. The van der Waals surface area contributed by atoms with E-state index in [1.807, 2.05) is 6.07 Å². The third kappa shape index (κ3) is 3.31. The lowest BCUT2D eigenvalue weighted by atomic mass is 9.63. The van der Waals surface area contributed by atoms with E-state index in [0.717, 1.165) is 17.7 Å². The van der Waals surface area contributed by atoms with Gasteiger partial charge in [-0.1, -0.05) is 42.8 Å². The molecule has 0 heterocycles. The molecule has 0 aromatic heterocycles. The zero-order valence-electron chi connectivity index (χ0n) is 14.0.